The van der Waals surface area contributed by atoms with E-state index >= 15 is 0 Å². The first-order valence-electron chi connectivity index (χ1n) is 10.3. The first-order chi connectivity index (χ1) is 13.1. The highest BCUT2D eigenvalue weighted by Gasteiger charge is 2.57. The Morgan fingerprint density at radius 3 is 2.70 bits per heavy atom. The van der Waals surface area contributed by atoms with E-state index in [2.05, 4.69) is 31.0 Å². The fraction of sp³-hybridized carbons (Fsp3) is 0.727. The molecule has 5 heteroatoms. The molecule has 2 aliphatic heterocycles. The molecule has 3 fully saturated rings. The molecule has 0 bridgehead atoms. The standard InChI is InChI=1S/C22H33NO4/c1-5-6-17-15-26-22(27-17)10-9-21(11-12-23(2)20(21)14-22)16-7-8-18(24-3)19(13-16)25-4/h7-8,13,17,20H,5-6,9-12,14-15H2,1-4H3/t17?,20?,21-,22-/m0/s1. The predicted octanol–water partition coefficient (Wildman–Crippen LogP) is 3.74. The van der Waals surface area contributed by atoms with E-state index in [9.17, 15) is 0 Å². The van der Waals surface area contributed by atoms with Gasteiger partial charge in [-0.05, 0) is 50.6 Å². The van der Waals surface area contributed by atoms with E-state index in [1.54, 1.807) is 14.2 Å². The second kappa shape index (κ2) is 7.26. The minimum Gasteiger partial charge on any atom is -0.493 e. The Labute approximate surface area is 162 Å². The Hall–Kier alpha value is -1.30. The average Bonchev–Trinajstić information content (AvgIpc) is 3.24. The van der Waals surface area contributed by atoms with Crippen molar-refractivity contribution in [2.24, 2.45) is 0 Å². The lowest BCUT2D eigenvalue weighted by molar-refractivity contribution is -0.204. The van der Waals surface area contributed by atoms with Gasteiger partial charge in [-0.2, -0.15) is 0 Å². The summed E-state index contributed by atoms with van der Waals surface area (Å²) in [5.41, 5.74) is 1.49. The topological polar surface area (TPSA) is 40.2 Å². The van der Waals surface area contributed by atoms with Gasteiger partial charge in [-0.1, -0.05) is 19.4 Å². The van der Waals surface area contributed by atoms with E-state index in [4.69, 9.17) is 18.9 Å². The third-order valence-corrected chi connectivity index (χ3v) is 7.02. The van der Waals surface area contributed by atoms with E-state index in [1.807, 2.05) is 6.07 Å². The predicted molar refractivity (Wildman–Crippen MR) is 105 cm³/mol. The van der Waals surface area contributed by atoms with Crippen LogP contribution in [0.2, 0.25) is 0 Å². The van der Waals surface area contributed by atoms with Crippen LogP contribution in [0, 0.1) is 0 Å². The zero-order valence-electron chi connectivity index (χ0n) is 17.1. The van der Waals surface area contributed by atoms with E-state index < -0.39 is 0 Å². The van der Waals surface area contributed by atoms with Gasteiger partial charge in [-0.15, -0.1) is 0 Å². The van der Waals surface area contributed by atoms with E-state index in [-0.39, 0.29) is 17.3 Å². The fourth-order valence-corrected chi connectivity index (χ4v) is 5.52. The number of likely N-dealkylation sites (tertiary alicyclic amines) is 1. The highest BCUT2D eigenvalue weighted by Crippen LogP contribution is 2.54. The van der Waals surface area contributed by atoms with Crippen LogP contribution in [0.5, 0.6) is 11.5 Å². The molecule has 1 aromatic carbocycles. The lowest BCUT2D eigenvalue weighted by Crippen LogP contribution is -2.53. The molecular formula is C22H33NO4. The quantitative estimate of drug-likeness (QED) is 0.784. The van der Waals surface area contributed by atoms with Crippen LogP contribution in [0.3, 0.4) is 0 Å². The Morgan fingerprint density at radius 1 is 1.15 bits per heavy atom. The second-order valence-electron chi connectivity index (χ2n) is 8.43. The van der Waals surface area contributed by atoms with Crippen LogP contribution in [-0.2, 0) is 14.9 Å². The van der Waals surface area contributed by atoms with Gasteiger partial charge in [0, 0.05) is 24.3 Å². The van der Waals surface area contributed by atoms with Crippen molar-refractivity contribution in [2.45, 2.75) is 68.8 Å². The number of benzene rings is 1. The van der Waals surface area contributed by atoms with Gasteiger partial charge in [0.05, 0.1) is 26.9 Å². The molecule has 1 spiro atoms. The maximum absolute atomic E-state index is 6.46. The summed E-state index contributed by atoms with van der Waals surface area (Å²) < 4.78 is 23.8. The van der Waals surface area contributed by atoms with Gasteiger partial charge in [0.25, 0.3) is 0 Å². The van der Waals surface area contributed by atoms with Gasteiger partial charge < -0.3 is 23.8 Å². The average molecular weight is 376 g/mol. The molecule has 27 heavy (non-hydrogen) atoms. The molecule has 1 aromatic rings. The molecule has 2 unspecified atom stereocenters. The molecule has 2 heterocycles. The number of methoxy groups -OCH3 is 2. The lowest BCUT2D eigenvalue weighted by Gasteiger charge is -2.48. The minimum absolute atomic E-state index is 0.134. The third kappa shape index (κ3) is 3.14. The molecular weight excluding hydrogens is 342 g/mol. The van der Waals surface area contributed by atoms with Gasteiger partial charge in [0.2, 0.25) is 0 Å². The summed E-state index contributed by atoms with van der Waals surface area (Å²) in [6, 6.07) is 6.87. The summed E-state index contributed by atoms with van der Waals surface area (Å²) in [4.78, 5) is 2.50. The van der Waals surface area contributed by atoms with Crippen molar-refractivity contribution in [3.05, 3.63) is 23.8 Å². The molecule has 0 radical (unpaired) electrons. The van der Waals surface area contributed by atoms with Gasteiger partial charge in [0.15, 0.2) is 17.3 Å². The summed E-state index contributed by atoms with van der Waals surface area (Å²) in [6.45, 7) is 4.06. The van der Waals surface area contributed by atoms with Crippen LogP contribution >= 0.6 is 0 Å². The molecule has 1 saturated carbocycles. The number of nitrogens with zero attached hydrogens (tertiary/aromatic N) is 1. The van der Waals surface area contributed by atoms with Crippen molar-refractivity contribution in [1.82, 2.24) is 4.90 Å². The number of rotatable bonds is 5. The van der Waals surface area contributed by atoms with Crippen molar-refractivity contribution < 1.29 is 18.9 Å². The van der Waals surface area contributed by atoms with Gasteiger partial charge in [-0.25, -0.2) is 0 Å². The van der Waals surface area contributed by atoms with Crippen molar-refractivity contribution >= 4 is 0 Å². The minimum atomic E-state index is -0.386. The number of fused-ring (bicyclic) bond motifs is 1. The summed E-state index contributed by atoms with van der Waals surface area (Å²) in [6.07, 6.45) is 6.64. The number of hydrogen-bond donors (Lipinski definition) is 0. The highest BCUT2D eigenvalue weighted by molar-refractivity contribution is 5.46. The fourth-order valence-electron chi connectivity index (χ4n) is 5.52. The number of hydrogen-bond acceptors (Lipinski definition) is 5. The molecule has 0 aromatic heterocycles. The Bertz CT molecular complexity index is 680. The van der Waals surface area contributed by atoms with Crippen molar-refractivity contribution in [1.29, 1.82) is 0 Å². The molecule has 1 aliphatic carbocycles. The normalized spacial score (nSPS) is 36.1. The number of likely N-dealkylation sites (N-methyl/N-ethyl adjacent to an activating group) is 1. The van der Waals surface area contributed by atoms with Crippen molar-refractivity contribution in [2.75, 3.05) is 34.4 Å². The molecule has 2 saturated heterocycles. The van der Waals surface area contributed by atoms with E-state index in [1.165, 1.54) is 5.56 Å². The lowest BCUT2D eigenvalue weighted by atomic mass is 9.64. The van der Waals surface area contributed by atoms with E-state index in [0.717, 1.165) is 63.2 Å². The van der Waals surface area contributed by atoms with Crippen LogP contribution in [0.25, 0.3) is 0 Å². The Morgan fingerprint density at radius 2 is 1.96 bits per heavy atom. The maximum atomic E-state index is 6.46. The van der Waals surface area contributed by atoms with Crippen LogP contribution in [-0.4, -0.2) is 57.3 Å². The van der Waals surface area contributed by atoms with Crippen LogP contribution in [0.4, 0.5) is 0 Å². The number of ether oxygens (including phenoxy) is 4. The molecule has 4 rings (SSSR count). The molecule has 4 atom stereocenters. The molecule has 3 aliphatic rings. The first-order valence-corrected chi connectivity index (χ1v) is 10.3. The zero-order valence-corrected chi connectivity index (χ0v) is 17.1. The highest BCUT2D eigenvalue weighted by atomic mass is 16.7. The summed E-state index contributed by atoms with van der Waals surface area (Å²) in [7, 11) is 5.64. The van der Waals surface area contributed by atoms with Gasteiger partial charge in [0.1, 0.15) is 0 Å². The van der Waals surface area contributed by atoms with Crippen molar-refractivity contribution in [3.8, 4) is 11.5 Å². The molecule has 0 amide bonds. The van der Waals surface area contributed by atoms with Gasteiger partial charge >= 0.3 is 0 Å². The van der Waals surface area contributed by atoms with E-state index in [0.29, 0.717) is 6.04 Å². The Kier molecular flexibility index (Phi) is 5.12. The van der Waals surface area contributed by atoms with Crippen LogP contribution in [0.15, 0.2) is 18.2 Å². The van der Waals surface area contributed by atoms with Crippen LogP contribution in [0.1, 0.15) is 51.0 Å². The summed E-state index contributed by atoms with van der Waals surface area (Å²) in [5, 5.41) is 0. The summed E-state index contributed by atoms with van der Waals surface area (Å²) in [5.74, 6) is 1.22. The zero-order chi connectivity index (χ0) is 19.1. The van der Waals surface area contributed by atoms with Gasteiger partial charge in [-0.3, -0.25) is 0 Å². The Balaban J connectivity index is 1.62. The smallest absolute Gasteiger partial charge is 0.170 e. The monoisotopic (exact) mass is 375 g/mol. The first kappa shape index (κ1) is 19.0. The maximum Gasteiger partial charge on any atom is 0.170 e. The largest absolute Gasteiger partial charge is 0.493 e. The molecule has 5 nitrogen and oxygen atoms in total. The second-order valence-corrected chi connectivity index (χ2v) is 8.43. The molecule has 0 N–H and O–H groups in total. The van der Waals surface area contributed by atoms with Crippen molar-refractivity contribution in [3.63, 3.8) is 0 Å². The third-order valence-electron chi connectivity index (χ3n) is 7.02. The van der Waals surface area contributed by atoms with Crippen LogP contribution < -0.4 is 9.47 Å². The molecule has 150 valence electrons. The summed E-state index contributed by atoms with van der Waals surface area (Å²) >= 11 is 0. The SMILES string of the molecule is CCCC1CO[C@@]2(CC[C@@]3(c4ccc(OC)c(OC)c4)CCN(C)C3C2)O1.